The van der Waals surface area contributed by atoms with Crippen molar-refractivity contribution in [3.63, 3.8) is 0 Å². The molecule has 0 rings (SSSR count). The molecule has 0 bridgehead atoms. The van der Waals surface area contributed by atoms with Gasteiger partial charge in [0.25, 0.3) is 0 Å². The first kappa shape index (κ1) is 49.1. The molecule has 6 heteroatoms. The van der Waals surface area contributed by atoms with Gasteiger partial charge in [-0.25, -0.2) is 0 Å². The summed E-state index contributed by atoms with van der Waals surface area (Å²) in [6.45, 7) is 6.37. The number of carbonyl (C=O) groups excluding carboxylic acids is 3. The van der Waals surface area contributed by atoms with E-state index in [0.29, 0.717) is 19.3 Å². The van der Waals surface area contributed by atoms with E-state index in [9.17, 15) is 14.4 Å². The van der Waals surface area contributed by atoms with Crippen LogP contribution in [0.15, 0.2) is 60.8 Å². The van der Waals surface area contributed by atoms with Gasteiger partial charge in [-0.05, 0) is 64.2 Å². The molecular weight excluding hydrogens is 648 g/mol. The van der Waals surface area contributed by atoms with E-state index >= 15 is 0 Å². The minimum absolute atomic E-state index is 0.0852. The molecule has 298 valence electrons. The summed E-state index contributed by atoms with van der Waals surface area (Å²) in [5.41, 5.74) is 0. The number of hydrogen-bond donors (Lipinski definition) is 0. The second-order valence-electron chi connectivity index (χ2n) is 13.9. The van der Waals surface area contributed by atoms with Crippen LogP contribution in [0.25, 0.3) is 0 Å². The van der Waals surface area contributed by atoms with E-state index in [1.54, 1.807) is 0 Å². The lowest BCUT2D eigenvalue weighted by atomic mass is 10.1. The van der Waals surface area contributed by atoms with Crippen molar-refractivity contribution >= 4 is 17.9 Å². The van der Waals surface area contributed by atoms with Gasteiger partial charge in [0.1, 0.15) is 13.2 Å². The number of carbonyl (C=O) groups is 3. The molecule has 0 heterocycles. The van der Waals surface area contributed by atoms with Crippen molar-refractivity contribution in [2.45, 2.75) is 200 Å². The molecule has 0 radical (unpaired) electrons. The lowest BCUT2D eigenvalue weighted by molar-refractivity contribution is -0.167. The maximum absolute atomic E-state index is 12.6. The summed E-state index contributed by atoms with van der Waals surface area (Å²) in [4.78, 5) is 37.3. The molecule has 0 saturated heterocycles. The highest BCUT2D eigenvalue weighted by atomic mass is 16.6. The molecule has 0 aliphatic rings. The summed E-state index contributed by atoms with van der Waals surface area (Å²) < 4.78 is 16.5. The molecule has 6 nitrogen and oxygen atoms in total. The number of ether oxygens (including phenoxy) is 3. The van der Waals surface area contributed by atoms with Crippen molar-refractivity contribution in [1.82, 2.24) is 0 Å². The SMILES string of the molecule is CC/C=C\C/C=C\C/C=C\C/C=C\C/C=C\CCCCCC(=O)OCC(COC(=O)CCCCCCC)OC(=O)CCCCCCCCCCCC. The molecule has 0 aromatic rings. The predicted octanol–water partition coefficient (Wildman–Crippen LogP) is 13.4. The molecule has 0 spiro atoms. The van der Waals surface area contributed by atoms with E-state index in [1.807, 2.05) is 0 Å². The van der Waals surface area contributed by atoms with Gasteiger partial charge in [0.05, 0.1) is 0 Å². The molecule has 0 saturated carbocycles. The first-order chi connectivity index (χ1) is 25.5. The van der Waals surface area contributed by atoms with E-state index in [1.165, 1.54) is 51.4 Å². The Morgan fingerprint density at radius 3 is 1.17 bits per heavy atom. The molecule has 0 aliphatic carbocycles. The van der Waals surface area contributed by atoms with Crippen LogP contribution in [0, 0.1) is 0 Å². The summed E-state index contributed by atoms with van der Waals surface area (Å²) in [6, 6.07) is 0. The average molecular weight is 727 g/mol. The second kappa shape index (κ2) is 40.9. The van der Waals surface area contributed by atoms with Gasteiger partial charge in [-0.1, -0.05) is 171 Å². The van der Waals surface area contributed by atoms with Crippen LogP contribution in [-0.2, 0) is 28.6 Å². The maximum atomic E-state index is 12.6. The van der Waals surface area contributed by atoms with Gasteiger partial charge in [0, 0.05) is 19.3 Å². The first-order valence-corrected chi connectivity index (χ1v) is 21.3. The Kier molecular flexibility index (Phi) is 38.6. The van der Waals surface area contributed by atoms with E-state index in [-0.39, 0.29) is 31.1 Å². The Morgan fingerprint density at radius 1 is 0.404 bits per heavy atom. The molecule has 0 aromatic heterocycles. The van der Waals surface area contributed by atoms with Crippen molar-refractivity contribution in [2.24, 2.45) is 0 Å². The molecule has 0 aliphatic heterocycles. The normalized spacial score (nSPS) is 12.6. The Bertz CT molecular complexity index is 975. The van der Waals surface area contributed by atoms with Crippen molar-refractivity contribution in [2.75, 3.05) is 13.2 Å². The zero-order valence-electron chi connectivity index (χ0n) is 33.8. The molecule has 0 fully saturated rings. The van der Waals surface area contributed by atoms with Crippen LogP contribution in [-0.4, -0.2) is 37.2 Å². The van der Waals surface area contributed by atoms with Gasteiger partial charge in [-0.3, -0.25) is 14.4 Å². The van der Waals surface area contributed by atoms with Gasteiger partial charge in [0.15, 0.2) is 6.10 Å². The zero-order chi connectivity index (χ0) is 38.0. The lowest BCUT2D eigenvalue weighted by Gasteiger charge is -2.18. The quantitative estimate of drug-likeness (QED) is 0.0274. The van der Waals surface area contributed by atoms with E-state index < -0.39 is 6.10 Å². The van der Waals surface area contributed by atoms with Gasteiger partial charge in [-0.15, -0.1) is 0 Å². The van der Waals surface area contributed by atoms with E-state index in [0.717, 1.165) is 103 Å². The van der Waals surface area contributed by atoms with Gasteiger partial charge >= 0.3 is 17.9 Å². The predicted molar refractivity (Wildman–Crippen MR) is 219 cm³/mol. The van der Waals surface area contributed by atoms with E-state index in [2.05, 4.69) is 81.5 Å². The highest BCUT2D eigenvalue weighted by Gasteiger charge is 2.19. The van der Waals surface area contributed by atoms with Gasteiger partial charge in [0.2, 0.25) is 0 Å². The molecular formula is C46H78O6. The molecule has 0 aromatic carbocycles. The smallest absolute Gasteiger partial charge is 0.306 e. The molecule has 0 amide bonds. The fourth-order valence-electron chi connectivity index (χ4n) is 5.58. The van der Waals surface area contributed by atoms with Crippen molar-refractivity contribution in [3.8, 4) is 0 Å². The first-order valence-electron chi connectivity index (χ1n) is 21.3. The van der Waals surface area contributed by atoms with Gasteiger partial charge in [-0.2, -0.15) is 0 Å². The third kappa shape index (κ3) is 38.3. The summed E-state index contributed by atoms with van der Waals surface area (Å²) in [5.74, 6) is -0.940. The fourth-order valence-corrected chi connectivity index (χ4v) is 5.58. The Morgan fingerprint density at radius 2 is 0.750 bits per heavy atom. The number of hydrogen-bond acceptors (Lipinski definition) is 6. The Hall–Kier alpha value is -2.89. The Labute approximate surface area is 320 Å². The van der Waals surface area contributed by atoms with Crippen LogP contribution in [0.1, 0.15) is 194 Å². The van der Waals surface area contributed by atoms with Gasteiger partial charge < -0.3 is 14.2 Å². The summed E-state index contributed by atoms with van der Waals surface area (Å²) in [5, 5.41) is 0. The monoisotopic (exact) mass is 727 g/mol. The summed E-state index contributed by atoms with van der Waals surface area (Å²) in [6.07, 6.45) is 48.1. The third-order valence-electron chi connectivity index (χ3n) is 8.79. The van der Waals surface area contributed by atoms with Crippen LogP contribution in [0.3, 0.4) is 0 Å². The summed E-state index contributed by atoms with van der Waals surface area (Å²) >= 11 is 0. The molecule has 52 heavy (non-hydrogen) atoms. The maximum Gasteiger partial charge on any atom is 0.306 e. The Balaban J connectivity index is 4.28. The summed E-state index contributed by atoms with van der Waals surface area (Å²) in [7, 11) is 0. The molecule has 0 N–H and O–H groups in total. The van der Waals surface area contributed by atoms with E-state index in [4.69, 9.17) is 14.2 Å². The zero-order valence-corrected chi connectivity index (χ0v) is 33.8. The van der Waals surface area contributed by atoms with Crippen molar-refractivity contribution < 1.29 is 28.6 Å². The van der Waals surface area contributed by atoms with Crippen LogP contribution < -0.4 is 0 Å². The topological polar surface area (TPSA) is 78.9 Å². The average Bonchev–Trinajstić information content (AvgIpc) is 3.14. The van der Waals surface area contributed by atoms with Crippen LogP contribution in [0.4, 0.5) is 0 Å². The highest BCUT2D eigenvalue weighted by Crippen LogP contribution is 2.13. The second-order valence-corrected chi connectivity index (χ2v) is 13.9. The fraction of sp³-hybridized carbons (Fsp3) is 0.717. The third-order valence-corrected chi connectivity index (χ3v) is 8.79. The number of esters is 3. The van der Waals surface area contributed by atoms with Crippen LogP contribution in [0.2, 0.25) is 0 Å². The minimum atomic E-state index is -0.779. The number of unbranched alkanes of at least 4 members (excludes halogenated alkanes) is 16. The van der Waals surface area contributed by atoms with Crippen LogP contribution in [0.5, 0.6) is 0 Å². The minimum Gasteiger partial charge on any atom is -0.462 e. The lowest BCUT2D eigenvalue weighted by Crippen LogP contribution is -2.30. The molecule has 1 atom stereocenters. The standard InChI is InChI=1S/C46H78O6/c1-4-7-10-13-15-17-19-20-21-22-23-24-25-26-27-29-30-33-36-39-45(48)51-42-43(41-50-44(47)38-35-32-12-9-6-3)52-46(49)40-37-34-31-28-18-16-14-11-8-5-2/h7,10,15,17,20-21,23-24,26-27,43H,4-6,8-9,11-14,16,18-19,22,25,28-42H2,1-3H3/b10-7-,17-15-,21-20-,24-23-,27-26-. The van der Waals surface area contributed by atoms with Crippen molar-refractivity contribution in [3.05, 3.63) is 60.8 Å². The largest absolute Gasteiger partial charge is 0.462 e. The number of rotatable bonds is 37. The highest BCUT2D eigenvalue weighted by molar-refractivity contribution is 5.71. The van der Waals surface area contributed by atoms with Crippen molar-refractivity contribution in [1.29, 1.82) is 0 Å². The van der Waals surface area contributed by atoms with Crippen LogP contribution >= 0.6 is 0 Å². The molecule has 1 unspecified atom stereocenters. The number of allylic oxidation sites excluding steroid dienone is 10.